The van der Waals surface area contributed by atoms with Crippen molar-refractivity contribution in [2.24, 2.45) is 5.73 Å². The Balaban J connectivity index is 2.04. The van der Waals surface area contributed by atoms with Gasteiger partial charge in [-0.25, -0.2) is 9.97 Å². The molecule has 0 bridgehead atoms. The van der Waals surface area contributed by atoms with Crippen LogP contribution in [0, 0.1) is 6.92 Å². The van der Waals surface area contributed by atoms with Crippen molar-refractivity contribution < 1.29 is 9.59 Å². The summed E-state index contributed by atoms with van der Waals surface area (Å²) in [5.41, 5.74) is 7.10. The lowest BCUT2D eigenvalue weighted by Gasteiger charge is -2.13. The number of nitrogens with two attached hydrogens (primary N) is 1. The third-order valence-electron chi connectivity index (χ3n) is 3.47. The van der Waals surface area contributed by atoms with Gasteiger partial charge in [0.05, 0.1) is 5.25 Å². The minimum atomic E-state index is -0.498. The number of hydrogen-bond acceptors (Lipinski definition) is 5. The van der Waals surface area contributed by atoms with Gasteiger partial charge >= 0.3 is 0 Å². The zero-order valence-corrected chi connectivity index (χ0v) is 15.6. The molecule has 132 valence electrons. The molecular weight excluding hydrogens is 336 g/mol. The van der Waals surface area contributed by atoms with Gasteiger partial charge in [-0.15, -0.1) is 0 Å². The van der Waals surface area contributed by atoms with E-state index in [2.05, 4.69) is 15.3 Å². The molecule has 3 N–H and O–H groups in total. The van der Waals surface area contributed by atoms with E-state index in [9.17, 15) is 9.59 Å². The zero-order valence-electron chi connectivity index (χ0n) is 14.7. The molecule has 2 rings (SSSR count). The average Bonchev–Trinajstić information content (AvgIpc) is 2.54. The molecule has 0 saturated carbocycles. The molecule has 1 atom stereocenters. The molecule has 1 aromatic heterocycles. The molecule has 1 unspecified atom stereocenters. The second-order valence-electron chi connectivity index (χ2n) is 6.05. The Bertz CT molecular complexity index is 775. The third kappa shape index (κ3) is 5.29. The summed E-state index contributed by atoms with van der Waals surface area (Å²) in [6.07, 6.45) is 0. The molecule has 25 heavy (non-hydrogen) atoms. The molecule has 0 spiro atoms. The fraction of sp³-hybridized carbons (Fsp3) is 0.333. The van der Waals surface area contributed by atoms with E-state index in [1.807, 2.05) is 33.8 Å². The number of thioether (sulfide) groups is 1. The summed E-state index contributed by atoms with van der Waals surface area (Å²) in [6.45, 7) is 7.82. The second-order valence-corrected chi connectivity index (χ2v) is 7.41. The van der Waals surface area contributed by atoms with Crippen LogP contribution in [0.15, 0.2) is 35.4 Å². The van der Waals surface area contributed by atoms with E-state index >= 15 is 0 Å². The van der Waals surface area contributed by atoms with Gasteiger partial charge in [-0.2, -0.15) is 0 Å². The van der Waals surface area contributed by atoms with Crippen LogP contribution in [0.1, 0.15) is 48.6 Å². The molecule has 0 saturated heterocycles. The summed E-state index contributed by atoms with van der Waals surface area (Å²) in [5.74, 6) is 0.366. The number of aromatic nitrogens is 2. The molecule has 1 aromatic carbocycles. The van der Waals surface area contributed by atoms with Crippen LogP contribution >= 0.6 is 11.8 Å². The number of primary amides is 1. The second kappa shape index (κ2) is 8.11. The zero-order chi connectivity index (χ0) is 18.6. The number of aryl methyl sites for hydroxylation is 1. The summed E-state index contributed by atoms with van der Waals surface area (Å²) in [5, 5.41) is 3.28. The Kier molecular flexibility index (Phi) is 6.14. The Hall–Kier alpha value is -2.41. The number of anilines is 1. The predicted molar refractivity (Wildman–Crippen MR) is 99.8 cm³/mol. The molecular formula is C18H22N4O2S. The first-order chi connectivity index (χ1) is 11.8. The van der Waals surface area contributed by atoms with Gasteiger partial charge in [0.15, 0.2) is 0 Å². The Morgan fingerprint density at radius 3 is 2.32 bits per heavy atom. The minimum Gasteiger partial charge on any atom is -0.366 e. The first-order valence-corrected chi connectivity index (χ1v) is 8.87. The highest BCUT2D eigenvalue weighted by Crippen LogP contribution is 2.24. The fourth-order valence-corrected chi connectivity index (χ4v) is 2.99. The molecule has 7 heteroatoms. The number of carbonyl (C=O) groups is 2. The summed E-state index contributed by atoms with van der Waals surface area (Å²) in [4.78, 5) is 32.4. The highest BCUT2D eigenvalue weighted by molar-refractivity contribution is 8.00. The highest BCUT2D eigenvalue weighted by Gasteiger charge is 2.17. The van der Waals surface area contributed by atoms with E-state index < -0.39 is 5.91 Å². The van der Waals surface area contributed by atoms with Crippen LogP contribution in [0.25, 0.3) is 0 Å². The van der Waals surface area contributed by atoms with Gasteiger partial charge in [0.1, 0.15) is 10.9 Å². The van der Waals surface area contributed by atoms with Crippen molar-refractivity contribution >= 4 is 29.3 Å². The van der Waals surface area contributed by atoms with E-state index in [1.54, 1.807) is 24.3 Å². The summed E-state index contributed by atoms with van der Waals surface area (Å²) >= 11 is 1.39. The Morgan fingerprint density at radius 2 is 1.76 bits per heavy atom. The number of nitrogens with one attached hydrogen (secondary N) is 1. The van der Waals surface area contributed by atoms with Crippen LogP contribution < -0.4 is 11.1 Å². The van der Waals surface area contributed by atoms with E-state index in [-0.39, 0.29) is 17.1 Å². The standard InChI is InChI=1S/C18H22N4O2S/c1-10(2)17-20-11(3)9-15(22-17)25-12(4)18(24)21-14-7-5-13(6-8-14)16(19)23/h5-10,12H,1-4H3,(H2,19,23)(H,21,24). The molecule has 1 heterocycles. The maximum atomic E-state index is 12.4. The molecule has 0 fully saturated rings. The molecule has 0 aliphatic carbocycles. The lowest BCUT2D eigenvalue weighted by molar-refractivity contribution is -0.115. The minimum absolute atomic E-state index is 0.140. The maximum Gasteiger partial charge on any atom is 0.248 e. The quantitative estimate of drug-likeness (QED) is 0.611. The number of hydrogen-bond donors (Lipinski definition) is 2. The normalized spacial score (nSPS) is 12.0. The first-order valence-electron chi connectivity index (χ1n) is 7.99. The van der Waals surface area contributed by atoms with Crippen LogP contribution in [-0.4, -0.2) is 27.0 Å². The van der Waals surface area contributed by atoms with E-state index in [1.165, 1.54) is 11.8 Å². The van der Waals surface area contributed by atoms with Crippen LogP contribution in [0.3, 0.4) is 0 Å². The molecule has 6 nitrogen and oxygen atoms in total. The molecule has 0 aliphatic heterocycles. The van der Waals surface area contributed by atoms with Gasteiger partial charge in [-0.1, -0.05) is 25.6 Å². The fourth-order valence-electron chi connectivity index (χ4n) is 2.08. The van der Waals surface area contributed by atoms with Crippen LogP contribution in [0.5, 0.6) is 0 Å². The lowest BCUT2D eigenvalue weighted by atomic mass is 10.2. The van der Waals surface area contributed by atoms with Crippen molar-refractivity contribution in [3.63, 3.8) is 0 Å². The Morgan fingerprint density at radius 1 is 1.12 bits per heavy atom. The molecule has 0 radical (unpaired) electrons. The van der Waals surface area contributed by atoms with Gasteiger partial charge < -0.3 is 11.1 Å². The third-order valence-corrected chi connectivity index (χ3v) is 4.49. The summed E-state index contributed by atoms with van der Waals surface area (Å²) < 4.78 is 0. The van der Waals surface area contributed by atoms with Gasteiger partial charge in [-0.3, -0.25) is 9.59 Å². The van der Waals surface area contributed by atoms with Gasteiger partial charge in [-0.05, 0) is 44.2 Å². The van der Waals surface area contributed by atoms with E-state index in [0.29, 0.717) is 11.3 Å². The van der Waals surface area contributed by atoms with Crippen molar-refractivity contribution in [3.8, 4) is 0 Å². The largest absolute Gasteiger partial charge is 0.366 e. The number of amides is 2. The topological polar surface area (TPSA) is 98.0 Å². The molecule has 0 aliphatic rings. The number of rotatable bonds is 6. The SMILES string of the molecule is Cc1cc(SC(C)C(=O)Nc2ccc(C(N)=O)cc2)nc(C(C)C)n1. The summed E-state index contributed by atoms with van der Waals surface area (Å²) in [6, 6.07) is 8.35. The van der Waals surface area contributed by atoms with Crippen LogP contribution in [0.2, 0.25) is 0 Å². The van der Waals surface area contributed by atoms with Gasteiger partial charge in [0, 0.05) is 22.9 Å². The van der Waals surface area contributed by atoms with Crippen molar-refractivity contribution in [1.82, 2.24) is 9.97 Å². The van der Waals surface area contributed by atoms with Crippen molar-refractivity contribution in [2.75, 3.05) is 5.32 Å². The average molecular weight is 358 g/mol. The van der Waals surface area contributed by atoms with E-state index in [4.69, 9.17) is 5.73 Å². The number of carbonyl (C=O) groups excluding carboxylic acids is 2. The molecule has 2 aromatic rings. The number of nitrogens with zero attached hydrogens (tertiary/aromatic N) is 2. The van der Waals surface area contributed by atoms with Crippen molar-refractivity contribution in [3.05, 3.63) is 47.4 Å². The van der Waals surface area contributed by atoms with Crippen molar-refractivity contribution in [2.45, 2.75) is 43.9 Å². The number of benzene rings is 1. The van der Waals surface area contributed by atoms with Crippen LogP contribution in [0.4, 0.5) is 5.69 Å². The lowest BCUT2D eigenvalue weighted by Crippen LogP contribution is -2.22. The smallest absolute Gasteiger partial charge is 0.248 e. The first kappa shape index (κ1) is 18.9. The monoisotopic (exact) mass is 358 g/mol. The Labute approximate surface area is 151 Å². The van der Waals surface area contributed by atoms with Gasteiger partial charge in [0.2, 0.25) is 11.8 Å². The van der Waals surface area contributed by atoms with Crippen molar-refractivity contribution in [1.29, 1.82) is 0 Å². The highest BCUT2D eigenvalue weighted by atomic mass is 32.2. The predicted octanol–water partition coefficient (Wildman–Crippen LogP) is 3.13. The maximum absolute atomic E-state index is 12.4. The molecule has 2 amide bonds. The summed E-state index contributed by atoms with van der Waals surface area (Å²) in [7, 11) is 0. The van der Waals surface area contributed by atoms with E-state index in [0.717, 1.165) is 16.5 Å². The van der Waals surface area contributed by atoms with Crippen LogP contribution in [-0.2, 0) is 4.79 Å². The van der Waals surface area contributed by atoms with Gasteiger partial charge in [0.25, 0.3) is 0 Å².